The lowest BCUT2D eigenvalue weighted by molar-refractivity contribution is -0.140. The topological polar surface area (TPSA) is 93.6 Å². The fraction of sp³-hybridized carbons (Fsp3) is 0.486. The second kappa shape index (κ2) is 14.6. The second-order valence-corrected chi connectivity index (χ2v) is 12.4. The van der Waals surface area contributed by atoms with Gasteiger partial charge in [-0.1, -0.05) is 30.4 Å². The number of hydrogen-bond acceptors (Lipinski definition) is 6. The third-order valence-electron chi connectivity index (χ3n) is 9.89. The molecule has 1 N–H and O–H groups in total. The minimum atomic E-state index is -1.10. The van der Waals surface area contributed by atoms with Crippen molar-refractivity contribution in [2.75, 3.05) is 54.0 Å². The van der Waals surface area contributed by atoms with Crippen molar-refractivity contribution in [1.29, 1.82) is 0 Å². The summed E-state index contributed by atoms with van der Waals surface area (Å²) in [5, 5.41) is 9.37. The van der Waals surface area contributed by atoms with E-state index in [2.05, 4.69) is 31.9 Å². The maximum absolute atomic E-state index is 14.8. The number of aliphatic hydroxyl groups excluding tert-OH is 1. The van der Waals surface area contributed by atoms with E-state index in [1.807, 2.05) is 54.6 Å². The molecule has 2 unspecified atom stereocenters. The van der Waals surface area contributed by atoms with Crippen molar-refractivity contribution >= 4 is 34.8 Å². The van der Waals surface area contributed by atoms with Crippen LogP contribution in [-0.4, -0.2) is 84.8 Å². The highest BCUT2D eigenvalue weighted by Crippen LogP contribution is 2.59. The summed E-state index contributed by atoms with van der Waals surface area (Å²) in [6, 6.07) is 16.4. The molecule has 5 atom stereocenters. The number of amides is 3. The van der Waals surface area contributed by atoms with Crippen molar-refractivity contribution in [2.45, 2.75) is 63.7 Å². The minimum Gasteiger partial charge on any atom is -0.396 e. The predicted octanol–water partition coefficient (Wildman–Crippen LogP) is 4.81. The number of ether oxygens (including phenoxy) is 1. The zero-order chi connectivity index (χ0) is 32.8. The van der Waals surface area contributed by atoms with Gasteiger partial charge in [0.2, 0.25) is 11.8 Å². The van der Waals surface area contributed by atoms with Gasteiger partial charge in [0.1, 0.15) is 11.6 Å². The second-order valence-electron chi connectivity index (χ2n) is 12.4. The molecule has 9 nitrogen and oxygen atoms in total. The lowest BCUT2D eigenvalue weighted by Gasteiger charge is -2.37. The summed E-state index contributed by atoms with van der Waals surface area (Å²) in [5.41, 5.74) is 1.41. The molecule has 3 amide bonds. The Morgan fingerprint density at radius 1 is 0.913 bits per heavy atom. The molecule has 246 valence electrons. The predicted molar refractivity (Wildman–Crippen MR) is 182 cm³/mol. The van der Waals surface area contributed by atoms with Crippen LogP contribution in [-0.2, 0) is 19.1 Å². The molecule has 9 heteroatoms. The number of benzene rings is 2. The minimum absolute atomic E-state index is 0.0689. The van der Waals surface area contributed by atoms with Gasteiger partial charge in [0.25, 0.3) is 5.91 Å². The van der Waals surface area contributed by atoms with Crippen LogP contribution in [0.4, 0.5) is 17.1 Å². The van der Waals surface area contributed by atoms with Crippen molar-refractivity contribution in [3.63, 3.8) is 0 Å². The molecule has 3 heterocycles. The van der Waals surface area contributed by atoms with Gasteiger partial charge in [-0.2, -0.15) is 0 Å². The Morgan fingerprint density at radius 2 is 1.52 bits per heavy atom. The SMILES string of the molecule is C=CCN(C(=O)C1N(CCCCCO)C(=O)[C@@H]2[C@@H](C(=O)N(CC=C)c3ccccc3)[C@H]3CCC12O3)c1ccc(N(CC)CC)cc1. The Bertz CT molecular complexity index is 1390. The first kappa shape index (κ1) is 33.4. The van der Waals surface area contributed by atoms with Gasteiger partial charge in [-0.25, -0.2) is 0 Å². The molecular formula is C37H48N4O5. The van der Waals surface area contributed by atoms with Crippen molar-refractivity contribution in [3.8, 4) is 0 Å². The molecular weight excluding hydrogens is 580 g/mol. The Hall–Kier alpha value is -3.95. The van der Waals surface area contributed by atoms with Crippen LogP contribution in [0.5, 0.6) is 0 Å². The van der Waals surface area contributed by atoms with E-state index < -0.39 is 29.6 Å². The Kier molecular flexibility index (Phi) is 10.6. The smallest absolute Gasteiger partial charge is 0.253 e. The summed E-state index contributed by atoms with van der Waals surface area (Å²) in [6.07, 6.45) is 6.01. The molecule has 5 rings (SSSR count). The molecule has 46 heavy (non-hydrogen) atoms. The number of para-hydroxylation sites is 1. The van der Waals surface area contributed by atoms with Crippen LogP contribution in [0.3, 0.4) is 0 Å². The lowest BCUT2D eigenvalue weighted by atomic mass is 9.70. The average Bonchev–Trinajstić information content (AvgIpc) is 3.72. The maximum Gasteiger partial charge on any atom is 0.253 e. The number of rotatable bonds is 16. The van der Waals surface area contributed by atoms with Crippen molar-refractivity contribution < 1.29 is 24.2 Å². The van der Waals surface area contributed by atoms with Gasteiger partial charge in [0.15, 0.2) is 0 Å². The fourth-order valence-electron chi connectivity index (χ4n) is 7.80. The highest BCUT2D eigenvalue weighted by Gasteiger charge is 2.74. The van der Waals surface area contributed by atoms with Gasteiger partial charge in [0, 0.05) is 56.4 Å². The zero-order valence-corrected chi connectivity index (χ0v) is 27.2. The van der Waals surface area contributed by atoms with E-state index in [0.29, 0.717) is 38.8 Å². The largest absolute Gasteiger partial charge is 0.396 e. The zero-order valence-electron chi connectivity index (χ0n) is 27.2. The number of nitrogens with zero attached hydrogens (tertiary/aromatic N) is 4. The number of carbonyl (C=O) groups excluding carboxylic acids is 3. The Morgan fingerprint density at radius 3 is 2.13 bits per heavy atom. The normalized spacial score (nSPS) is 24.5. The highest BCUT2D eigenvalue weighted by molar-refractivity contribution is 6.06. The van der Waals surface area contributed by atoms with Gasteiger partial charge in [0.05, 0.1) is 17.9 Å². The average molecular weight is 629 g/mol. The first-order chi connectivity index (χ1) is 22.4. The summed E-state index contributed by atoms with van der Waals surface area (Å²) in [6.45, 7) is 14.7. The van der Waals surface area contributed by atoms with Crippen molar-refractivity contribution in [3.05, 3.63) is 79.9 Å². The van der Waals surface area contributed by atoms with Gasteiger partial charge < -0.3 is 29.4 Å². The number of carbonyl (C=O) groups is 3. The number of aliphatic hydroxyl groups is 1. The summed E-state index contributed by atoms with van der Waals surface area (Å²) < 4.78 is 6.73. The van der Waals surface area contributed by atoms with Crippen LogP contribution < -0.4 is 14.7 Å². The standard InChI is InChI=1S/C37H48N4O5/c1-5-23-39(28-15-11-9-12-16-28)34(43)31-30-21-22-37(46-30)32(31)35(44)41(25-13-10-14-26-42)33(37)36(45)40(24-6-2)29-19-17-27(18-20-29)38(7-3)8-4/h5-6,9,11-12,15-20,30-33,42H,1-2,7-8,10,13-14,21-26H2,3-4H3/t30-,31+,32+,33?,37?/m1/s1. The van der Waals surface area contributed by atoms with Crippen LogP contribution in [0.25, 0.3) is 0 Å². The molecule has 0 radical (unpaired) electrons. The quantitative estimate of drug-likeness (QED) is 0.212. The fourth-order valence-corrected chi connectivity index (χ4v) is 7.80. The molecule has 1 spiro atoms. The molecule has 2 bridgehead atoms. The van der Waals surface area contributed by atoms with Crippen molar-refractivity contribution in [2.24, 2.45) is 11.8 Å². The number of fused-ring (bicyclic) bond motifs is 1. The van der Waals surface area contributed by atoms with E-state index in [1.165, 1.54) is 0 Å². The Balaban J connectivity index is 1.52. The van der Waals surface area contributed by atoms with E-state index >= 15 is 0 Å². The van der Waals surface area contributed by atoms with Crippen LogP contribution in [0.15, 0.2) is 79.9 Å². The number of unbranched alkanes of at least 4 members (excludes halogenated alkanes) is 2. The monoisotopic (exact) mass is 628 g/mol. The third kappa shape index (κ3) is 5.98. The first-order valence-corrected chi connectivity index (χ1v) is 16.7. The molecule has 0 saturated carbocycles. The summed E-state index contributed by atoms with van der Waals surface area (Å²) in [7, 11) is 0. The number of anilines is 3. The molecule has 2 aromatic carbocycles. The summed E-state index contributed by atoms with van der Waals surface area (Å²) >= 11 is 0. The molecule has 0 aliphatic carbocycles. The molecule has 3 saturated heterocycles. The summed E-state index contributed by atoms with van der Waals surface area (Å²) in [4.78, 5) is 51.0. The van der Waals surface area contributed by atoms with Gasteiger partial charge in [-0.15, -0.1) is 13.2 Å². The van der Waals surface area contributed by atoms with Crippen molar-refractivity contribution in [1.82, 2.24) is 4.90 Å². The number of hydrogen-bond donors (Lipinski definition) is 1. The van der Waals surface area contributed by atoms with E-state index in [4.69, 9.17) is 4.74 Å². The third-order valence-corrected chi connectivity index (χ3v) is 9.89. The van der Waals surface area contributed by atoms with E-state index in [1.54, 1.807) is 26.9 Å². The van der Waals surface area contributed by atoms with Gasteiger partial charge >= 0.3 is 0 Å². The van der Waals surface area contributed by atoms with Crippen LogP contribution in [0.1, 0.15) is 46.0 Å². The highest BCUT2D eigenvalue weighted by atomic mass is 16.5. The Labute approximate surface area is 273 Å². The lowest BCUT2D eigenvalue weighted by Crippen LogP contribution is -2.56. The van der Waals surface area contributed by atoms with E-state index in [0.717, 1.165) is 36.6 Å². The van der Waals surface area contributed by atoms with E-state index in [-0.39, 0.29) is 30.9 Å². The van der Waals surface area contributed by atoms with Crippen LogP contribution in [0, 0.1) is 11.8 Å². The molecule has 3 aliphatic rings. The van der Waals surface area contributed by atoms with Gasteiger partial charge in [-0.05, 0) is 82.3 Å². The van der Waals surface area contributed by atoms with Gasteiger partial charge in [-0.3, -0.25) is 14.4 Å². The van der Waals surface area contributed by atoms with Crippen LogP contribution in [0.2, 0.25) is 0 Å². The molecule has 2 aromatic rings. The molecule has 0 aromatic heterocycles. The summed E-state index contributed by atoms with van der Waals surface area (Å²) in [5.74, 6) is -2.09. The first-order valence-electron chi connectivity index (χ1n) is 16.7. The number of likely N-dealkylation sites (tertiary alicyclic amines) is 1. The van der Waals surface area contributed by atoms with Crippen LogP contribution >= 0.6 is 0 Å². The molecule has 3 aliphatic heterocycles. The maximum atomic E-state index is 14.8. The molecule has 3 fully saturated rings. The van der Waals surface area contributed by atoms with E-state index in [9.17, 15) is 19.5 Å².